The van der Waals surface area contributed by atoms with Crippen LogP contribution in [0.4, 0.5) is 0 Å². The van der Waals surface area contributed by atoms with Crippen LogP contribution in [0.15, 0.2) is 48.5 Å². The van der Waals surface area contributed by atoms with Crippen molar-refractivity contribution in [1.29, 1.82) is 0 Å². The number of halogens is 1. The number of benzene rings is 2. The molecule has 98 valence electrons. The molecule has 3 rings (SSSR count). The summed E-state index contributed by atoms with van der Waals surface area (Å²) in [6.07, 6.45) is 0. The first-order chi connectivity index (χ1) is 9.24. The van der Waals surface area contributed by atoms with E-state index in [1.165, 1.54) is 11.1 Å². The van der Waals surface area contributed by atoms with E-state index in [-0.39, 0.29) is 5.97 Å². The number of rotatable bonds is 3. The summed E-state index contributed by atoms with van der Waals surface area (Å²) in [4.78, 5) is 11.7. The molecule has 1 N–H and O–H groups in total. The summed E-state index contributed by atoms with van der Waals surface area (Å²) in [6.45, 7) is 2.81. The van der Waals surface area contributed by atoms with E-state index in [1.807, 2.05) is 24.3 Å². The van der Waals surface area contributed by atoms with Crippen LogP contribution in [0, 0.1) is 10.5 Å². The Labute approximate surface area is 120 Å². The Morgan fingerprint density at radius 2 is 1.84 bits per heavy atom. The van der Waals surface area contributed by atoms with Crippen molar-refractivity contribution < 1.29 is 7.86 Å². The van der Waals surface area contributed by atoms with Gasteiger partial charge >= 0.3 is 120 Å². The molecule has 1 heterocycles. The first kappa shape index (κ1) is 12.6. The molecule has 0 atom stereocenters. The summed E-state index contributed by atoms with van der Waals surface area (Å²) in [5.41, 5.74) is 3.19. The molecule has 0 radical (unpaired) electrons. The van der Waals surface area contributed by atoms with Gasteiger partial charge in [-0.2, -0.15) is 0 Å². The fourth-order valence-corrected chi connectivity index (χ4v) is 5.56. The summed E-state index contributed by atoms with van der Waals surface area (Å²) in [5, 5.41) is 0. The van der Waals surface area contributed by atoms with E-state index in [2.05, 4.69) is 34.7 Å². The number of carbonyl (C=O) groups excluding carboxylic acids is 1. The van der Waals surface area contributed by atoms with E-state index in [0.29, 0.717) is 0 Å². The molecule has 0 saturated heterocycles. The van der Waals surface area contributed by atoms with Gasteiger partial charge in [-0.1, -0.05) is 0 Å². The number of hydrogen-bond acceptors (Lipinski definition) is 3. The molecule has 2 aromatic rings. The molecule has 0 amide bonds. The van der Waals surface area contributed by atoms with Crippen LogP contribution in [0.1, 0.15) is 21.5 Å². The van der Waals surface area contributed by atoms with E-state index >= 15 is 0 Å². The third kappa shape index (κ3) is 2.64. The maximum atomic E-state index is 11.7. The van der Waals surface area contributed by atoms with Gasteiger partial charge in [-0.05, 0) is 0 Å². The minimum absolute atomic E-state index is 0.183. The fraction of sp³-hybridized carbons (Fsp3) is 0.133. The molecule has 1 aliphatic heterocycles. The molecule has 3 nitrogen and oxygen atoms in total. The fourth-order valence-electron chi connectivity index (χ4n) is 1.87. The Bertz CT molecular complexity index is 610. The van der Waals surface area contributed by atoms with E-state index in [9.17, 15) is 4.79 Å². The summed E-state index contributed by atoms with van der Waals surface area (Å²) in [6, 6.07) is 16.0. The zero-order chi connectivity index (χ0) is 13.2. The van der Waals surface area contributed by atoms with E-state index < -0.39 is 20.5 Å². The van der Waals surface area contributed by atoms with Gasteiger partial charge in [-0.15, -0.1) is 0 Å². The summed E-state index contributed by atoms with van der Waals surface area (Å²) >= 11 is -2.01. The monoisotopic (exact) mass is 367 g/mol. The van der Waals surface area contributed by atoms with Crippen molar-refractivity contribution in [2.24, 2.45) is 0 Å². The Hall–Kier alpha value is -1.40. The molecule has 1 aliphatic rings. The van der Waals surface area contributed by atoms with Crippen molar-refractivity contribution in [2.75, 3.05) is 0 Å². The van der Waals surface area contributed by atoms with Crippen LogP contribution in [0.3, 0.4) is 0 Å². The SMILES string of the molecule is Cc1ccc(CNI2OC(=O)c3ccccc32)cc1. The number of carbonyl (C=O) groups is 1. The summed E-state index contributed by atoms with van der Waals surface area (Å²) in [5.74, 6) is -0.183. The molecule has 0 fully saturated rings. The van der Waals surface area contributed by atoms with Crippen molar-refractivity contribution in [3.05, 3.63) is 68.8 Å². The van der Waals surface area contributed by atoms with Crippen LogP contribution in [0.5, 0.6) is 0 Å². The molecule has 0 aromatic heterocycles. The van der Waals surface area contributed by atoms with Gasteiger partial charge in [0.05, 0.1) is 0 Å². The number of aryl methyl sites for hydroxylation is 1. The summed E-state index contributed by atoms with van der Waals surface area (Å²) < 4.78 is 9.97. The second-order valence-electron chi connectivity index (χ2n) is 4.39. The Kier molecular flexibility index (Phi) is 3.52. The molecular formula is C15H14INO2. The Morgan fingerprint density at radius 1 is 1.11 bits per heavy atom. The zero-order valence-corrected chi connectivity index (χ0v) is 12.7. The molecule has 4 heteroatoms. The standard InChI is InChI=1S/C15H14INO2/c1-11-6-8-12(9-7-11)10-17-16-14-5-3-2-4-13(14)15(18)19-16/h2-9,17H,10H2,1H3. The van der Waals surface area contributed by atoms with Gasteiger partial charge in [0, 0.05) is 0 Å². The predicted octanol–water partition coefficient (Wildman–Crippen LogP) is 3.46. The topological polar surface area (TPSA) is 38.3 Å². The van der Waals surface area contributed by atoms with Crippen LogP contribution in [-0.4, -0.2) is 5.97 Å². The average Bonchev–Trinajstić information content (AvgIpc) is 2.76. The molecule has 19 heavy (non-hydrogen) atoms. The van der Waals surface area contributed by atoms with Gasteiger partial charge in [-0.3, -0.25) is 0 Å². The van der Waals surface area contributed by atoms with Crippen LogP contribution in [0.2, 0.25) is 0 Å². The quantitative estimate of drug-likeness (QED) is 0.667. The maximum absolute atomic E-state index is 11.7. The van der Waals surface area contributed by atoms with Crippen LogP contribution in [-0.2, 0) is 9.61 Å². The molecule has 0 bridgehead atoms. The molecule has 2 aromatic carbocycles. The number of hydrogen-bond donors (Lipinski definition) is 1. The van der Waals surface area contributed by atoms with Gasteiger partial charge in [0.25, 0.3) is 0 Å². The minimum atomic E-state index is -2.01. The van der Waals surface area contributed by atoms with Crippen molar-refractivity contribution in [3.63, 3.8) is 0 Å². The molecule has 0 aliphatic carbocycles. The molecule has 0 unspecified atom stereocenters. The van der Waals surface area contributed by atoms with Crippen molar-refractivity contribution >= 4 is 26.5 Å². The predicted molar refractivity (Wildman–Crippen MR) is 82.6 cm³/mol. The first-order valence-corrected chi connectivity index (χ1v) is 9.08. The van der Waals surface area contributed by atoms with Gasteiger partial charge in [0.15, 0.2) is 0 Å². The van der Waals surface area contributed by atoms with Crippen LogP contribution in [0.25, 0.3) is 0 Å². The molecule has 0 spiro atoms. The molecule has 0 saturated carbocycles. The van der Waals surface area contributed by atoms with Gasteiger partial charge in [-0.25, -0.2) is 0 Å². The van der Waals surface area contributed by atoms with Crippen molar-refractivity contribution in [3.8, 4) is 0 Å². The van der Waals surface area contributed by atoms with Crippen LogP contribution < -0.4 is 3.53 Å². The zero-order valence-electron chi connectivity index (χ0n) is 10.5. The number of fused-ring (bicyclic) bond motifs is 1. The van der Waals surface area contributed by atoms with Gasteiger partial charge in [0.1, 0.15) is 0 Å². The summed E-state index contributed by atoms with van der Waals surface area (Å²) in [7, 11) is 0. The first-order valence-electron chi connectivity index (χ1n) is 6.05. The van der Waals surface area contributed by atoms with E-state index in [0.717, 1.165) is 15.7 Å². The second-order valence-corrected chi connectivity index (χ2v) is 8.17. The second kappa shape index (κ2) is 5.30. The normalized spacial score (nSPS) is 15.2. The molecular weight excluding hydrogens is 353 g/mol. The van der Waals surface area contributed by atoms with Gasteiger partial charge < -0.3 is 0 Å². The van der Waals surface area contributed by atoms with Crippen molar-refractivity contribution in [2.45, 2.75) is 13.5 Å². The number of nitrogens with one attached hydrogen (secondary N) is 1. The Morgan fingerprint density at radius 3 is 2.63 bits per heavy atom. The third-order valence-corrected chi connectivity index (χ3v) is 6.85. The van der Waals surface area contributed by atoms with Gasteiger partial charge in [0.2, 0.25) is 0 Å². The third-order valence-electron chi connectivity index (χ3n) is 2.94. The average molecular weight is 367 g/mol. The van der Waals surface area contributed by atoms with E-state index in [4.69, 9.17) is 3.07 Å². The Balaban J connectivity index is 1.72. The van der Waals surface area contributed by atoms with Crippen molar-refractivity contribution in [1.82, 2.24) is 3.53 Å². The van der Waals surface area contributed by atoms with Crippen LogP contribution >= 0.6 is 20.5 Å². The van der Waals surface area contributed by atoms with E-state index in [1.54, 1.807) is 0 Å².